The predicted octanol–water partition coefficient (Wildman–Crippen LogP) is 4.13. The first-order chi connectivity index (χ1) is 14.7. The summed E-state index contributed by atoms with van der Waals surface area (Å²) < 4.78 is 9.84. The molecule has 152 valence electrons. The normalized spacial score (nSPS) is 10.8. The lowest BCUT2D eigenvalue weighted by Crippen LogP contribution is -2.03. The van der Waals surface area contributed by atoms with Crippen LogP contribution in [0, 0.1) is 0 Å². The Labute approximate surface area is 179 Å². The fraction of sp³-hybridized carbons (Fsp3) is 0.182. The Kier molecular flexibility index (Phi) is 6.24. The van der Waals surface area contributed by atoms with E-state index in [0.717, 1.165) is 33.9 Å². The first-order valence-corrected chi connectivity index (χ1v) is 10.5. The van der Waals surface area contributed by atoms with Crippen molar-refractivity contribution in [3.63, 3.8) is 0 Å². The zero-order valence-corrected chi connectivity index (χ0v) is 17.5. The molecule has 0 spiro atoms. The van der Waals surface area contributed by atoms with Crippen LogP contribution in [-0.2, 0) is 26.0 Å². The minimum atomic E-state index is 0.444. The van der Waals surface area contributed by atoms with Crippen LogP contribution in [0.25, 0.3) is 11.4 Å². The SMILES string of the molecule is C=CCn1c(SCc2ccc(OCc3nccn3C)cc2)nnc1-c1ccncc1. The van der Waals surface area contributed by atoms with Crippen molar-refractivity contribution in [1.82, 2.24) is 29.3 Å². The summed E-state index contributed by atoms with van der Waals surface area (Å²) in [7, 11) is 1.96. The Morgan fingerprint density at radius 1 is 1.07 bits per heavy atom. The van der Waals surface area contributed by atoms with E-state index in [9.17, 15) is 0 Å². The third-order valence-corrected chi connectivity index (χ3v) is 5.59. The molecule has 8 heteroatoms. The van der Waals surface area contributed by atoms with Crippen molar-refractivity contribution in [1.29, 1.82) is 0 Å². The van der Waals surface area contributed by atoms with E-state index in [1.807, 2.05) is 48.2 Å². The van der Waals surface area contributed by atoms with Crippen LogP contribution in [0.4, 0.5) is 0 Å². The number of ether oxygens (including phenoxy) is 1. The molecular weight excluding hydrogens is 396 g/mol. The van der Waals surface area contributed by atoms with Crippen molar-refractivity contribution < 1.29 is 4.74 Å². The molecule has 0 amide bonds. The number of allylic oxidation sites excluding steroid dienone is 1. The Morgan fingerprint density at radius 3 is 2.57 bits per heavy atom. The van der Waals surface area contributed by atoms with Crippen molar-refractivity contribution >= 4 is 11.8 Å². The van der Waals surface area contributed by atoms with Gasteiger partial charge in [0, 0.05) is 49.7 Å². The Morgan fingerprint density at radius 2 is 1.87 bits per heavy atom. The van der Waals surface area contributed by atoms with E-state index in [1.165, 1.54) is 5.56 Å². The van der Waals surface area contributed by atoms with Gasteiger partial charge in [0.15, 0.2) is 11.0 Å². The Balaban J connectivity index is 1.40. The average Bonchev–Trinajstić information content (AvgIpc) is 3.38. The summed E-state index contributed by atoms with van der Waals surface area (Å²) in [4.78, 5) is 8.34. The molecule has 30 heavy (non-hydrogen) atoms. The Bertz CT molecular complexity index is 1100. The minimum Gasteiger partial charge on any atom is -0.486 e. The molecule has 0 atom stereocenters. The summed E-state index contributed by atoms with van der Waals surface area (Å²) in [5, 5.41) is 9.62. The highest BCUT2D eigenvalue weighted by atomic mass is 32.2. The van der Waals surface area contributed by atoms with E-state index in [1.54, 1.807) is 30.4 Å². The van der Waals surface area contributed by atoms with Crippen LogP contribution in [0.5, 0.6) is 5.75 Å². The maximum absolute atomic E-state index is 5.82. The summed E-state index contributed by atoms with van der Waals surface area (Å²) in [5.74, 6) is 3.31. The molecule has 0 aliphatic rings. The second-order valence-electron chi connectivity index (χ2n) is 6.62. The van der Waals surface area contributed by atoms with E-state index < -0.39 is 0 Å². The number of nitrogens with zero attached hydrogens (tertiary/aromatic N) is 6. The molecule has 0 aliphatic carbocycles. The molecule has 0 aliphatic heterocycles. The highest BCUT2D eigenvalue weighted by Gasteiger charge is 2.13. The van der Waals surface area contributed by atoms with Gasteiger partial charge in [0.25, 0.3) is 0 Å². The van der Waals surface area contributed by atoms with Crippen molar-refractivity contribution in [3.05, 3.63) is 85.2 Å². The lowest BCUT2D eigenvalue weighted by molar-refractivity contribution is 0.292. The largest absolute Gasteiger partial charge is 0.486 e. The first-order valence-electron chi connectivity index (χ1n) is 9.50. The zero-order chi connectivity index (χ0) is 20.8. The fourth-order valence-corrected chi connectivity index (χ4v) is 3.82. The van der Waals surface area contributed by atoms with Gasteiger partial charge in [-0.25, -0.2) is 4.98 Å². The highest BCUT2D eigenvalue weighted by molar-refractivity contribution is 7.98. The summed E-state index contributed by atoms with van der Waals surface area (Å²) in [5.41, 5.74) is 2.17. The van der Waals surface area contributed by atoms with Gasteiger partial charge in [0.05, 0.1) is 0 Å². The monoisotopic (exact) mass is 418 g/mol. The molecule has 0 saturated heterocycles. The maximum Gasteiger partial charge on any atom is 0.192 e. The quantitative estimate of drug-likeness (QED) is 0.301. The van der Waals surface area contributed by atoms with E-state index in [2.05, 4.69) is 43.4 Å². The number of pyridine rings is 1. The van der Waals surface area contributed by atoms with Gasteiger partial charge >= 0.3 is 0 Å². The summed E-state index contributed by atoms with van der Waals surface area (Å²) in [6.07, 6.45) is 9.04. The number of benzene rings is 1. The Hall–Kier alpha value is -3.39. The van der Waals surface area contributed by atoms with Gasteiger partial charge < -0.3 is 9.30 Å². The fourth-order valence-electron chi connectivity index (χ4n) is 2.92. The number of aryl methyl sites for hydroxylation is 1. The first kappa shape index (κ1) is 19.9. The summed E-state index contributed by atoms with van der Waals surface area (Å²) >= 11 is 1.65. The number of imidazole rings is 1. The second-order valence-corrected chi connectivity index (χ2v) is 7.56. The van der Waals surface area contributed by atoms with Gasteiger partial charge in [-0.1, -0.05) is 30.0 Å². The van der Waals surface area contributed by atoms with Gasteiger partial charge in [-0.3, -0.25) is 9.55 Å². The highest BCUT2D eigenvalue weighted by Crippen LogP contribution is 2.27. The molecule has 0 fully saturated rings. The van der Waals surface area contributed by atoms with E-state index in [0.29, 0.717) is 13.2 Å². The van der Waals surface area contributed by atoms with Crippen molar-refractivity contribution in [3.8, 4) is 17.1 Å². The van der Waals surface area contributed by atoms with Crippen LogP contribution in [0.1, 0.15) is 11.4 Å². The molecule has 7 nitrogen and oxygen atoms in total. The molecule has 1 aromatic carbocycles. The third-order valence-electron chi connectivity index (χ3n) is 4.55. The number of hydrogen-bond donors (Lipinski definition) is 0. The summed E-state index contributed by atoms with van der Waals surface area (Å²) in [6, 6.07) is 12.0. The zero-order valence-electron chi connectivity index (χ0n) is 16.7. The minimum absolute atomic E-state index is 0.444. The van der Waals surface area contributed by atoms with Crippen LogP contribution in [0.15, 0.2) is 79.0 Å². The summed E-state index contributed by atoms with van der Waals surface area (Å²) in [6.45, 7) is 4.95. The van der Waals surface area contributed by atoms with Crippen LogP contribution >= 0.6 is 11.8 Å². The van der Waals surface area contributed by atoms with Crippen LogP contribution < -0.4 is 4.74 Å². The van der Waals surface area contributed by atoms with Gasteiger partial charge in [0.2, 0.25) is 0 Å². The molecule has 3 aromatic heterocycles. The average molecular weight is 419 g/mol. The standard InChI is InChI=1S/C22H22N6OS/c1-3-13-28-21(18-8-10-23-11-9-18)25-26-22(28)30-16-17-4-6-19(7-5-17)29-15-20-24-12-14-27(20)2/h3-12,14H,1,13,15-16H2,2H3. The lowest BCUT2D eigenvalue weighted by Gasteiger charge is -2.09. The molecule has 4 rings (SSSR count). The number of thioether (sulfide) groups is 1. The van der Waals surface area contributed by atoms with Gasteiger partial charge in [-0.2, -0.15) is 0 Å². The molecule has 0 bridgehead atoms. The topological polar surface area (TPSA) is 70.7 Å². The molecule has 4 aromatic rings. The number of aromatic nitrogens is 6. The van der Waals surface area contributed by atoms with E-state index >= 15 is 0 Å². The van der Waals surface area contributed by atoms with Crippen LogP contribution in [0.3, 0.4) is 0 Å². The number of rotatable bonds is 9. The molecule has 0 radical (unpaired) electrons. The molecule has 3 heterocycles. The van der Waals surface area contributed by atoms with Crippen molar-refractivity contribution in [2.45, 2.75) is 24.1 Å². The lowest BCUT2D eigenvalue weighted by atomic mass is 10.2. The molecule has 0 unspecified atom stereocenters. The maximum atomic E-state index is 5.82. The predicted molar refractivity (Wildman–Crippen MR) is 117 cm³/mol. The number of hydrogen-bond acceptors (Lipinski definition) is 6. The van der Waals surface area contributed by atoms with Crippen LogP contribution in [0.2, 0.25) is 0 Å². The van der Waals surface area contributed by atoms with Crippen molar-refractivity contribution in [2.75, 3.05) is 0 Å². The molecular formula is C22H22N6OS. The van der Waals surface area contributed by atoms with Gasteiger partial charge in [-0.05, 0) is 29.8 Å². The van der Waals surface area contributed by atoms with E-state index in [-0.39, 0.29) is 0 Å². The van der Waals surface area contributed by atoms with E-state index in [4.69, 9.17) is 4.74 Å². The molecule has 0 N–H and O–H groups in total. The smallest absolute Gasteiger partial charge is 0.192 e. The van der Waals surface area contributed by atoms with Gasteiger partial charge in [0.1, 0.15) is 18.2 Å². The van der Waals surface area contributed by atoms with Crippen LogP contribution in [-0.4, -0.2) is 29.3 Å². The third kappa shape index (κ3) is 4.60. The second kappa shape index (κ2) is 9.41. The molecule has 0 saturated carbocycles. The van der Waals surface area contributed by atoms with Crippen molar-refractivity contribution in [2.24, 2.45) is 7.05 Å². The van der Waals surface area contributed by atoms with Gasteiger partial charge in [-0.15, -0.1) is 16.8 Å².